The zero-order valence-electron chi connectivity index (χ0n) is 15.1. The van der Waals surface area contributed by atoms with E-state index in [9.17, 15) is 19.2 Å². The third-order valence-electron chi connectivity index (χ3n) is 4.14. The molecule has 2 rings (SSSR count). The van der Waals surface area contributed by atoms with Gasteiger partial charge in [0.25, 0.3) is 0 Å². The number of nitrogens with one attached hydrogen (secondary N) is 3. The van der Waals surface area contributed by atoms with Gasteiger partial charge in [0.05, 0.1) is 12.5 Å². The smallest absolute Gasteiger partial charge is 0.326 e. The molecular weight excluding hydrogens is 368 g/mol. The number of carbonyl (C=O) groups excluding carboxylic acids is 2. The molecule has 150 valence electrons. The Morgan fingerprint density at radius 2 is 1.71 bits per heavy atom. The molecule has 2 aromatic rings. The minimum atomic E-state index is -1.62. The van der Waals surface area contributed by atoms with Crippen LogP contribution in [0.5, 0.6) is 0 Å². The predicted molar refractivity (Wildman–Crippen MR) is 99.4 cm³/mol. The molecule has 7 N–H and O–H groups in total. The fraction of sp³-hybridized carbons (Fsp3) is 0.333. The number of aromatic amines is 1. The van der Waals surface area contributed by atoms with E-state index in [2.05, 4.69) is 15.6 Å². The number of hydrogen-bond acceptors (Lipinski definition) is 5. The molecule has 0 fully saturated rings. The van der Waals surface area contributed by atoms with Crippen molar-refractivity contribution in [3.8, 4) is 0 Å². The second-order valence-electron chi connectivity index (χ2n) is 6.41. The van der Waals surface area contributed by atoms with E-state index in [0.29, 0.717) is 0 Å². The van der Waals surface area contributed by atoms with Crippen molar-refractivity contribution in [2.24, 2.45) is 5.73 Å². The van der Waals surface area contributed by atoms with Crippen LogP contribution in [0.3, 0.4) is 0 Å². The first-order chi connectivity index (χ1) is 13.2. The number of benzene rings is 1. The first kappa shape index (κ1) is 20.9. The molecule has 0 spiro atoms. The summed E-state index contributed by atoms with van der Waals surface area (Å²) in [6.07, 6.45) is 0.963. The molecule has 10 heteroatoms. The third-order valence-corrected chi connectivity index (χ3v) is 4.14. The lowest BCUT2D eigenvalue weighted by atomic mass is 10.0. The Morgan fingerprint density at radius 3 is 2.32 bits per heavy atom. The maximum absolute atomic E-state index is 12.6. The summed E-state index contributed by atoms with van der Waals surface area (Å²) >= 11 is 0. The molecule has 0 unspecified atom stereocenters. The Labute approximate surface area is 160 Å². The number of fused-ring (bicyclic) bond motifs is 1. The van der Waals surface area contributed by atoms with Gasteiger partial charge in [-0.05, 0) is 18.6 Å². The number of hydrogen-bond donors (Lipinski definition) is 6. The van der Waals surface area contributed by atoms with E-state index in [1.54, 1.807) is 6.20 Å². The highest BCUT2D eigenvalue weighted by Gasteiger charge is 2.29. The highest BCUT2D eigenvalue weighted by Crippen LogP contribution is 2.19. The molecule has 0 aliphatic heterocycles. The van der Waals surface area contributed by atoms with Crippen LogP contribution in [0.25, 0.3) is 10.9 Å². The fourth-order valence-corrected chi connectivity index (χ4v) is 2.68. The van der Waals surface area contributed by atoms with E-state index in [-0.39, 0.29) is 6.42 Å². The average molecular weight is 390 g/mol. The van der Waals surface area contributed by atoms with Crippen LogP contribution in [0, 0.1) is 0 Å². The molecule has 0 radical (unpaired) electrons. The lowest BCUT2D eigenvalue weighted by Crippen LogP contribution is -2.55. The highest BCUT2D eigenvalue weighted by atomic mass is 16.4. The minimum absolute atomic E-state index is 0.0632. The molecular formula is C18H22N4O6. The van der Waals surface area contributed by atoms with Crippen molar-refractivity contribution in [1.29, 1.82) is 0 Å². The number of nitrogens with two attached hydrogens (primary N) is 1. The van der Waals surface area contributed by atoms with Crippen LogP contribution in [0.2, 0.25) is 0 Å². The van der Waals surface area contributed by atoms with Crippen LogP contribution in [-0.2, 0) is 25.6 Å². The first-order valence-electron chi connectivity index (χ1n) is 8.55. The largest absolute Gasteiger partial charge is 0.481 e. The summed E-state index contributed by atoms with van der Waals surface area (Å²) in [6, 6.07) is 3.72. The quantitative estimate of drug-likeness (QED) is 0.337. The number of H-pyrrole nitrogens is 1. The van der Waals surface area contributed by atoms with Crippen molar-refractivity contribution in [1.82, 2.24) is 15.6 Å². The van der Waals surface area contributed by atoms with E-state index in [1.807, 2.05) is 24.3 Å². The van der Waals surface area contributed by atoms with Gasteiger partial charge in [0.2, 0.25) is 11.8 Å². The van der Waals surface area contributed by atoms with Crippen LogP contribution < -0.4 is 16.4 Å². The Balaban J connectivity index is 2.25. The first-order valence-corrected chi connectivity index (χ1v) is 8.55. The number of carboxylic acid groups (broad SMARTS) is 2. The Kier molecular flexibility index (Phi) is 6.72. The Hall–Kier alpha value is -3.40. The van der Waals surface area contributed by atoms with Gasteiger partial charge >= 0.3 is 11.9 Å². The minimum Gasteiger partial charge on any atom is -0.481 e. The van der Waals surface area contributed by atoms with Crippen molar-refractivity contribution in [2.45, 2.75) is 37.9 Å². The number of aromatic nitrogens is 1. The highest BCUT2D eigenvalue weighted by molar-refractivity contribution is 5.93. The average Bonchev–Trinajstić information content (AvgIpc) is 3.03. The zero-order valence-corrected chi connectivity index (χ0v) is 15.1. The molecule has 28 heavy (non-hydrogen) atoms. The van der Waals surface area contributed by atoms with Gasteiger partial charge in [-0.25, -0.2) is 4.79 Å². The molecule has 3 atom stereocenters. The zero-order chi connectivity index (χ0) is 20.8. The molecule has 0 aliphatic rings. The second kappa shape index (κ2) is 9.00. The summed E-state index contributed by atoms with van der Waals surface area (Å²) in [7, 11) is 0. The molecule has 10 nitrogen and oxygen atoms in total. The van der Waals surface area contributed by atoms with Gasteiger partial charge in [0.1, 0.15) is 12.1 Å². The summed E-state index contributed by atoms with van der Waals surface area (Å²) in [5.74, 6) is -4.27. The number of para-hydroxylation sites is 1. The van der Waals surface area contributed by atoms with E-state index in [0.717, 1.165) is 16.5 Å². The van der Waals surface area contributed by atoms with Crippen molar-refractivity contribution in [3.05, 3.63) is 36.0 Å². The summed E-state index contributed by atoms with van der Waals surface area (Å²) in [5.41, 5.74) is 7.11. The topological polar surface area (TPSA) is 175 Å². The second-order valence-corrected chi connectivity index (χ2v) is 6.41. The SMILES string of the molecule is C[C@H](N)C(=O)N[C@@H](Cc1c[nH]c2ccccc12)C(=O)N[C@@H](CC(=O)O)C(=O)O. The van der Waals surface area contributed by atoms with Gasteiger partial charge in [0, 0.05) is 23.5 Å². The normalized spacial score (nSPS) is 14.1. The number of carboxylic acids is 2. The monoisotopic (exact) mass is 390 g/mol. The van der Waals surface area contributed by atoms with Crippen LogP contribution >= 0.6 is 0 Å². The molecule has 1 aromatic heterocycles. The molecule has 0 aliphatic carbocycles. The van der Waals surface area contributed by atoms with Crippen molar-refractivity contribution < 1.29 is 29.4 Å². The Morgan fingerprint density at radius 1 is 1.07 bits per heavy atom. The van der Waals surface area contributed by atoms with Crippen LogP contribution in [-0.4, -0.2) is 57.1 Å². The van der Waals surface area contributed by atoms with Gasteiger partial charge in [-0.3, -0.25) is 14.4 Å². The Bertz CT molecular complexity index is 891. The van der Waals surface area contributed by atoms with Crippen LogP contribution in [0.1, 0.15) is 18.9 Å². The summed E-state index contributed by atoms with van der Waals surface area (Å²) in [4.78, 5) is 49.7. The summed E-state index contributed by atoms with van der Waals surface area (Å²) in [5, 5.41) is 23.5. The standard InChI is InChI=1S/C18H22N4O6/c1-9(19)16(25)21-13(17(26)22-14(18(27)28)7-15(23)24)6-10-8-20-12-5-3-2-4-11(10)12/h2-5,8-9,13-14,20H,6-7,19H2,1H3,(H,21,25)(H,22,26)(H,23,24)(H,27,28)/t9-,13-,14-/m0/s1. The number of carbonyl (C=O) groups is 4. The van der Waals surface area contributed by atoms with E-state index in [1.165, 1.54) is 6.92 Å². The third kappa shape index (κ3) is 5.30. The van der Waals surface area contributed by atoms with Gasteiger partial charge in [-0.2, -0.15) is 0 Å². The number of amides is 2. The molecule has 0 saturated heterocycles. The van der Waals surface area contributed by atoms with Crippen molar-refractivity contribution in [2.75, 3.05) is 0 Å². The van der Waals surface area contributed by atoms with E-state index < -0.39 is 48.3 Å². The predicted octanol–water partition coefficient (Wildman–Crippen LogP) is -0.413. The van der Waals surface area contributed by atoms with E-state index >= 15 is 0 Å². The van der Waals surface area contributed by atoms with Gasteiger partial charge in [0.15, 0.2) is 0 Å². The molecule has 0 bridgehead atoms. The van der Waals surface area contributed by atoms with Gasteiger partial charge < -0.3 is 31.6 Å². The number of rotatable bonds is 9. The maximum Gasteiger partial charge on any atom is 0.326 e. The lowest BCUT2D eigenvalue weighted by molar-refractivity contribution is -0.147. The molecule has 0 saturated carbocycles. The molecule has 2 amide bonds. The van der Waals surface area contributed by atoms with Crippen molar-refractivity contribution >= 4 is 34.7 Å². The number of aliphatic carboxylic acids is 2. The van der Waals surface area contributed by atoms with Crippen LogP contribution in [0.15, 0.2) is 30.5 Å². The maximum atomic E-state index is 12.6. The summed E-state index contributed by atoms with van der Waals surface area (Å²) in [6.45, 7) is 1.44. The van der Waals surface area contributed by atoms with Gasteiger partial charge in [-0.15, -0.1) is 0 Å². The van der Waals surface area contributed by atoms with Gasteiger partial charge in [-0.1, -0.05) is 18.2 Å². The van der Waals surface area contributed by atoms with Crippen LogP contribution in [0.4, 0.5) is 0 Å². The fourth-order valence-electron chi connectivity index (χ4n) is 2.68. The molecule has 1 aromatic carbocycles. The lowest BCUT2D eigenvalue weighted by Gasteiger charge is -2.21. The summed E-state index contributed by atoms with van der Waals surface area (Å²) < 4.78 is 0. The van der Waals surface area contributed by atoms with E-state index in [4.69, 9.17) is 15.9 Å². The molecule has 1 heterocycles. The van der Waals surface area contributed by atoms with Crippen molar-refractivity contribution in [3.63, 3.8) is 0 Å².